The van der Waals surface area contributed by atoms with Gasteiger partial charge < -0.3 is 9.90 Å². The van der Waals surface area contributed by atoms with E-state index in [2.05, 4.69) is 6.58 Å². The van der Waals surface area contributed by atoms with Gasteiger partial charge in [-0.05, 0) is 25.7 Å². The van der Waals surface area contributed by atoms with E-state index in [1.807, 2.05) is 6.08 Å². The molecule has 0 rings (SSSR count). The molecule has 0 atom stereocenters. The van der Waals surface area contributed by atoms with Crippen molar-refractivity contribution in [2.75, 3.05) is 0 Å². The number of hydrogen-bond acceptors (Lipinski definition) is 2. The monoisotopic (exact) mass is 316 g/mol. The van der Waals surface area contributed by atoms with E-state index in [1.165, 1.54) is 19.3 Å². The van der Waals surface area contributed by atoms with Crippen molar-refractivity contribution in [2.45, 2.75) is 51.4 Å². The SMILES string of the molecule is C=CCCCCCCCCC(=O)[O-].[Cs+]. The van der Waals surface area contributed by atoms with Crippen molar-refractivity contribution in [2.24, 2.45) is 0 Å². The number of unbranched alkanes of at least 4 members (excludes halogenated alkanes) is 6. The van der Waals surface area contributed by atoms with Gasteiger partial charge >= 0.3 is 68.9 Å². The number of hydrogen-bond donors (Lipinski definition) is 0. The molecule has 0 bridgehead atoms. The zero-order valence-corrected chi connectivity index (χ0v) is 15.5. The molecule has 0 aliphatic rings. The maximum Gasteiger partial charge on any atom is 1.00 e. The van der Waals surface area contributed by atoms with Gasteiger partial charge in [-0.1, -0.05) is 31.8 Å². The Morgan fingerprint density at radius 2 is 1.57 bits per heavy atom. The standard InChI is InChI=1S/C11H20O2.Cs/c1-2-3-4-5-6-7-8-9-10-11(12)13;/h2H,1,3-10H2,(H,12,13);/q;+1/p-1. The van der Waals surface area contributed by atoms with Crippen LogP contribution in [0.2, 0.25) is 0 Å². The summed E-state index contributed by atoms with van der Waals surface area (Å²) in [6.07, 6.45) is 9.83. The minimum absolute atomic E-state index is 0. The number of rotatable bonds is 9. The molecule has 0 heterocycles. The largest absolute Gasteiger partial charge is 1.00 e. The van der Waals surface area contributed by atoms with Crippen molar-refractivity contribution in [1.29, 1.82) is 0 Å². The minimum atomic E-state index is -0.924. The van der Waals surface area contributed by atoms with E-state index in [0.717, 1.165) is 25.7 Å². The van der Waals surface area contributed by atoms with Gasteiger partial charge in [-0.2, -0.15) is 0 Å². The average molecular weight is 316 g/mol. The molecule has 0 spiro atoms. The third kappa shape index (κ3) is 15.7. The van der Waals surface area contributed by atoms with Crippen molar-refractivity contribution in [3.8, 4) is 0 Å². The number of carboxylic acid groups (broad SMARTS) is 1. The third-order valence-electron chi connectivity index (χ3n) is 2.04. The Morgan fingerprint density at radius 1 is 1.07 bits per heavy atom. The van der Waals surface area contributed by atoms with Gasteiger partial charge in [0.1, 0.15) is 0 Å². The third-order valence-corrected chi connectivity index (χ3v) is 2.04. The summed E-state index contributed by atoms with van der Waals surface area (Å²) >= 11 is 0. The zero-order chi connectivity index (χ0) is 9.94. The fraction of sp³-hybridized carbons (Fsp3) is 0.727. The van der Waals surface area contributed by atoms with Gasteiger partial charge in [-0.15, -0.1) is 6.58 Å². The first-order valence-corrected chi connectivity index (χ1v) is 5.08. The molecule has 0 aromatic carbocycles. The van der Waals surface area contributed by atoms with E-state index in [0.29, 0.717) is 0 Å². The van der Waals surface area contributed by atoms with Crippen LogP contribution >= 0.6 is 0 Å². The van der Waals surface area contributed by atoms with E-state index < -0.39 is 5.97 Å². The quantitative estimate of drug-likeness (QED) is 0.406. The first-order valence-electron chi connectivity index (χ1n) is 5.08. The van der Waals surface area contributed by atoms with Gasteiger partial charge in [0.2, 0.25) is 0 Å². The molecule has 0 amide bonds. The number of aliphatic carboxylic acids is 1. The minimum Gasteiger partial charge on any atom is -0.550 e. The molecule has 0 N–H and O–H groups in total. The molecule has 0 saturated heterocycles. The van der Waals surface area contributed by atoms with Crippen LogP contribution < -0.4 is 74.0 Å². The fourth-order valence-electron chi connectivity index (χ4n) is 1.27. The average Bonchev–Trinajstić information content (AvgIpc) is 2.09. The summed E-state index contributed by atoms with van der Waals surface area (Å²) in [4.78, 5) is 10.1. The number of carbonyl (C=O) groups excluding carboxylic acids is 1. The molecule has 0 fully saturated rings. The van der Waals surface area contributed by atoms with Crippen LogP contribution in [0.3, 0.4) is 0 Å². The predicted molar refractivity (Wildman–Crippen MR) is 52.1 cm³/mol. The summed E-state index contributed by atoms with van der Waals surface area (Å²) in [7, 11) is 0. The van der Waals surface area contributed by atoms with Gasteiger partial charge in [-0.3, -0.25) is 0 Å². The second-order valence-electron chi connectivity index (χ2n) is 3.32. The molecule has 14 heavy (non-hydrogen) atoms. The molecular weight excluding hydrogens is 297 g/mol. The maximum absolute atomic E-state index is 10.1. The first kappa shape index (κ1) is 17.7. The van der Waals surface area contributed by atoms with Crippen LogP contribution in [0.4, 0.5) is 0 Å². The molecule has 0 radical (unpaired) electrons. The molecule has 76 valence electrons. The summed E-state index contributed by atoms with van der Waals surface area (Å²) in [6.45, 7) is 3.66. The summed E-state index contributed by atoms with van der Waals surface area (Å²) < 4.78 is 0. The first-order chi connectivity index (χ1) is 6.27. The van der Waals surface area contributed by atoms with Crippen molar-refractivity contribution in [3.63, 3.8) is 0 Å². The van der Waals surface area contributed by atoms with Crippen molar-refractivity contribution >= 4 is 5.97 Å². The molecule has 0 aliphatic carbocycles. The topological polar surface area (TPSA) is 40.1 Å². The zero-order valence-electron chi connectivity index (χ0n) is 9.26. The van der Waals surface area contributed by atoms with E-state index in [4.69, 9.17) is 0 Å². The predicted octanol–water partition coefficient (Wildman–Crippen LogP) is -0.953. The van der Waals surface area contributed by atoms with Crippen molar-refractivity contribution in [3.05, 3.63) is 12.7 Å². The maximum atomic E-state index is 10.1. The Labute approximate surface area is 146 Å². The van der Waals surface area contributed by atoms with E-state index in [1.54, 1.807) is 0 Å². The van der Waals surface area contributed by atoms with Crippen LogP contribution in [0.5, 0.6) is 0 Å². The van der Waals surface area contributed by atoms with Gasteiger partial charge in [-0.25, -0.2) is 0 Å². The second kappa shape index (κ2) is 14.3. The Morgan fingerprint density at radius 3 is 2.07 bits per heavy atom. The van der Waals surface area contributed by atoms with E-state index >= 15 is 0 Å². The van der Waals surface area contributed by atoms with Crippen molar-refractivity contribution < 1.29 is 78.8 Å². The van der Waals surface area contributed by atoms with Gasteiger partial charge in [0.15, 0.2) is 0 Å². The van der Waals surface area contributed by atoms with Crippen LogP contribution in [0, 0.1) is 0 Å². The Bertz CT molecular complexity index is 146. The molecular formula is C11H19CsO2. The van der Waals surface area contributed by atoms with Crippen LogP contribution in [-0.4, -0.2) is 5.97 Å². The summed E-state index contributed by atoms with van der Waals surface area (Å²) in [5.74, 6) is -0.924. The Kier molecular flexibility index (Phi) is 18.0. The van der Waals surface area contributed by atoms with Gasteiger partial charge in [0.05, 0.1) is 0 Å². The molecule has 0 aromatic heterocycles. The van der Waals surface area contributed by atoms with E-state index in [-0.39, 0.29) is 75.3 Å². The smallest absolute Gasteiger partial charge is 0.550 e. The fourth-order valence-corrected chi connectivity index (χ4v) is 1.27. The summed E-state index contributed by atoms with van der Waals surface area (Å²) in [5.41, 5.74) is 0. The van der Waals surface area contributed by atoms with E-state index in [9.17, 15) is 9.90 Å². The van der Waals surface area contributed by atoms with Crippen LogP contribution in [-0.2, 0) is 4.79 Å². The van der Waals surface area contributed by atoms with Gasteiger partial charge in [0.25, 0.3) is 0 Å². The Balaban J connectivity index is 0. The number of carboxylic acids is 1. The molecule has 2 nitrogen and oxygen atoms in total. The molecule has 0 aliphatic heterocycles. The number of carbonyl (C=O) groups is 1. The summed E-state index contributed by atoms with van der Waals surface area (Å²) in [5, 5.41) is 10.1. The molecule has 0 saturated carbocycles. The normalized spacial score (nSPS) is 9.14. The van der Waals surface area contributed by atoms with Crippen molar-refractivity contribution in [1.82, 2.24) is 0 Å². The Hall–Kier alpha value is 1.26. The van der Waals surface area contributed by atoms with Gasteiger partial charge in [0, 0.05) is 5.97 Å². The second-order valence-corrected chi connectivity index (χ2v) is 3.32. The van der Waals surface area contributed by atoms with Crippen LogP contribution in [0.25, 0.3) is 0 Å². The van der Waals surface area contributed by atoms with Crippen LogP contribution in [0.1, 0.15) is 51.4 Å². The number of allylic oxidation sites excluding steroid dienone is 1. The molecule has 0 unspecified atom stereocenters. The summed E-state index contributed by atoms with van der Waals surface area (Å²) in [6, 6.07) is 0. The molecule has 0 aromatic rings. The molecule has 3 heteroatoms. The van der Waals surface area contributed by atoms with Crippen LogP contribution in [0.15, 0.2) is 12.7 Å².